The van der Waals surface area contributed by atoms with E-state index in [9.17, 15) is 13.2 Å². The molecule has 3 heterocycles. The van der Waals surface area contributed by atoms with E-state index in [2.05, 4.69) is 21.4 Å². The van der Waals surface area contributed by atoms with Crippen molar-refractivity contribution in [2.75, 3.05) is 7.11 Å². The van der Waals surface area contributed by atoms with E-state index in [4.69, 9.17) is 4.74 Å². The molecule has 10 heteroatoms. The molecule has 0 aliphatic rings. The summed E-state index contributed by atoms with van der Waals surface area (Å²) in [4.78, 5) is 17.0. The summed E-state index contributed by atoms with van der Waals surface area (Å²) in [6, 6.07) is 5.07. The first-order chi connectivity index (χ1) is 15.0. The zero-order chi connectivity index (χ0) is 23.6. The average molecular weight is 475 g/mol. The molecule has 1 N–H and O–H groups in total. The number of sulfonamides is 1. The SMILES string of the molecule is C=C(C)c1csc(S(=O)(=O)NC(=O)Cc2c(C(C)C)nn(C)c2-c2ccnc(OC)c2)c1. The van der Waals surface area contributed by atoms with Crippen molar-refractivity contribution in [2.24, 2.45) is 7.05 Å². The predicted molar refractivity (Wildman–Crippen MR) is 125 cm³/mol. The van der Waals surface area contributed by atoms with Crippen molar-refractivity contribution in [3.63, 3.8) is 0 Å². The molecule has 0 aliphatic carbocycles. The Morgan fingerprint density at radius 3 is 2.66 bits per heavy atom. The molecule has 0 saturated heterocycles. The van der Waals surface area contributed by atoms with E-state index in [1.807, 2.05) is 13.8 Å². The number of amides is 1. The third-order valence-electron chi connectivity index (χ3n) is 4.86. The lowest BCUT2D eigenvalue weighted by Crippen LogP contribution is -2.31. The van der Waals surface area contributed by atoms with Crippen LogP contribution in [0.15, 0.2) is 40.6 Å². The van der Waals surface area contributed by atoms with Gasteiger partial charge in [0.1, 0.15) is 4.21 Å². The van der Waals surface area contributed by atoms with Crippen LogP contribution in [0.4, 0.5) is 0 Å². The molecule has 1 amide bonds. The Labute approximate surface area is 192 Å². The van der Waals surface area contributed by atoms with Gasteiger partial charge in [-0.2, -0.15) is 5.10 Å². The van der Waals surface area contributed by atoms with Gasteiger partial charge < -0.3 is 4.74 Å². The molecule has 3 aromatic heterocycles. The lowest BCUT2D eigenvalue weighted by molar-refractivity contribution is -0.118. The van der Waals surface area contributed by atoms with Crippen LogP contribution in [0.2, 0.25) is 0 Å². The number of nitrogens with one attached hydrogen (secondary N) is 1. The van der Waals surface area contributed by atoms with Gasteiger partial charge in [-0.05, 0) is 35.9 Å². The third kappa shape index (κ3) is 4.91. The summed E-state index contributed by atoms with van der Waals surface area (Å²) in [6.45, 7) is 9.56. The number of hydrogen-bond acceptors (Lipinski definition) is 7. The van der Waals surface area contributed by atoms with Gasteiger partial charge in [0.2, 0.25) is 11.8 Å². The fraction of sp³-hybridized carbons (Fsp3) is 0.318. The van der Waals surface area contributed by atoms with Gasteiger partial charge in [-0.25, -0.2) is 18.1 Å². The molecule has 0 atom stereocenters. The van der Waals surface area contributed by atoms with Gasteiger partial charge in [0.05, 0.1) is 24.9 Å². The monoisotopic (exact) mass is 474 g/mol. The molecule has 0 fully saturated rings. The summed E-state index contributed by atoms with van der Waals surface area (Å²) in [5, 5.41) is 6.29. The second-order valence-corrected chi connectivity index (χ2v) is 10.5. The number of hydrogen-bond donors (Lipinski definition) is 1. The number of aromatic nitrogens is 3. The van der Waals surface area contributed by atoms with Crippen LogP contribution in [-0.4, -0.2) is 36.2 Å². The van der Waals surface area contributed by atoms with Crippen molar-refractivity contribution >= 4 is 32.8 Å². The molecular formula is C22H26N4O4S2. The average Bonchev–Trinajstić information content (AvgIpc) is 3.33. The van der Waals surface area contributed by atoms with Crippen LogP contribution >= 0.6 is 11.3 Å². The fourth-order valence-electron chi connectivity index (χ4n) is 3.33. The van der Waals surface area contributed by atoms with Crippen molar-refractivity contribution in [1.82, 2.24) is 19.5 Å². The van der Waals surface area contributed by atoms with Crippen LogP contribution in [0.1, 0.15) is 43.5 Å². The van der Waals surface area contributed by atoms with Crippen LogP contribution in [0.25, 0.3) is 16.8 Å². The van der Waals surface area contributed by atoms with E-state index in [0.29, 0.717) is 17.1 Å². The van der Waals surface area contributed by atoms with Gasteiger partial charge in [-0.1, -0.05) is 26.0 Å². The summed E-state index contributed by atoms with van der Waals surface area (Å²) < 4.78 is 34.6. The van der Waals surface area contributed by atoms with Crippen LogP contribution < -0.4 is 9.46 Å². The van der Waals surface area contributed by atoms with Crippen molar-refractivity contribution < 1.29 is 17.9 Å². The molecule has 0 aliphatic heterocycles. The van der Waals surface area contributed by atoms with E-state index in [-0.39, 0.29) is 16.5 Å². The van der Waals surface area contributed by atoms with Crippen LogP contribution in [0, 0.1) is 0 Å². The standard InChI is InChI=1S/C22H26N4O4S2/c1-13(2)16-10-20(31-12-16)32(28,29)25-18(27)11-17-21(14(3)4)24-26(5)22(17)15-7-8-23-19(9-15)30-6/h7-10,12,14H,1,11H2,2-6H3,(H,25,27). The third-order valence-corrected chi connectivity index (χ3v) is 7.67. The second-order valence-electron chi connectivity index (χ2n) is 7.72. The highest BCUT2D eigenvalue weighted by molar-refractivity contribution is 7.92. The predicted octanol–water partition coefficient (Wildman–Crippen LogP) is 3.76. The molecule has 0 aromatic carbocycles. The molecule has 0 saturated carbocycles. The number of allylic oxidation sites excluding steroid dienone is 1. The van der Waals surface area contributed by atoms with E-state index in [0.717, 1.165) is 33.7 Å². The van der Waals surface area contributed by atoms with Crippen molar-refractivity contribution in [3.8, 4) is 17.1 Å². The van der Waals surface area contributed by atoms with Gasteiger partial charge in [-0.3, -0.25) is 9.48 Å². The zero-order valence-electron chi connectivity index (χ0n) is 18.7. The van der Waals surface area contributed by atoms with Gasteiger partial charge in [0.25, 0.3) is 10.0 Å². The number of ether oxygens (including phenoxy) is 1. The number of pyridine rings is 1. The lowest BCUT2D eigenvalue weighted by atomic mass is 9.98. The van der Waals surface area contributed by atoms with E-state index in [1.165, 1.54) is 13.2 Å². The van der Waals surface area contributed by atoms with E-state index in [1.54, 1.807) is 42.4 Å². The number of rotatable bonds is 8. The Morgan fingerprint density at radius 1 is 1.34 bits per heavy atom. The number of aryl methyl sites for hydroxylation is 1. The normalized spacial score (nSPS) is 11.6. The molecular weight excluding hydrogens is 448 g/mol. The molecule has 0 bridgehead atoms. The number of nitrogens with zero attached hydrogens (tertiary/aromatic N) is 3. The van der Waals surface area contributed by atoms with Gasteiger partial charge in [-0.15, -0.1) is 11.3 Å². The largest absolute Gasteiger partial charge is 0.481 e. The van der Waals surface area contributed by atoms with E-state index < -0.39 is 15.9 Å². The Bertz CT molecular complexity index is 1270. The summed E-state index contributed by atoms with van der Waals surface area (Å²) in [5.41, 5.74) is 4.36. The molecule has 0 spiro atoms. The summed E-state index contributed by atoms with van der Waals surface area (Å²) in [7, 11) is -0.672. The van der Waals surface area contributed by atoms with Gasteiger partial charge in [0, 0.05) is 30.4 Å². The highest BCUT2D eigenvalue weighted by atomic mass is 32.2. The minimum Gasteiger partial charge on any atom is -0.481 e. The van der Waals surface area contributed by atoms with E-state index >= 15 is 0 Å². The molecule has 3 rings (SSSR count). The van der Waals surface area contributed by atoms with Crippen molar-refractivity contribution in [3.05, 3.63) is 53.2 Å². The molecule has 0 radical (unpaired) electrons. The first kappa shape index (κ1) is 23.7. The lowest BCUT2D eigenvalue weighted by Gasteiger charge is -2.10. The minimum absolute atomic E-state index is 0.0357. The quantitative estimate of drug-likeness (QED) is 0.533. The fourth-order valence-corrected chi connectivity index (χ4v) is 5.57. The topological polar surface area (TPSA) is 103 Å². The van der Waals surface area contributed by atoms with Gasteiger partial charge >= 0.3 is 0 Å². The number of carbonyl (C=O) groups is 1. The maximum atomic E-state index is 12.9. The van der Waals surface area contributed by atoms with Crippen molar-refractivity contribution in [2.45, 2.75) is 37.3 Å². The molecule has 0 unspecified atom stereocenters. The zero-order valence-corrected chi connectivity index (χ0v) is 20.3. The minimum atomic E-state index is -3.99. The summed E-state index contributed by atoms with van der Waals surface area (Å²) >= 11 is 1.05. The van der Waals surface area contributed by atoms with Crippen LogP contribution in [0.5, 0.6) is 5.88 Å². The summed E-state index contributed by atoms with van der Waals surface area (Å²) in [6.07, 6.45) is 1.47. The van der Waals surface area contributed by atoms with Crippen LogP contribution in [-0.2, 0) is 28.3 Å². The molecule has 32 heavy (non-hydrogen) atoms. The van der Waals surface area contributed by atoms with Crippen LogP contribution in [0.3, 0.4) is 0 Å². The highest BCUT2D eigenvalue weighted by Crippen LogP contribution is 2.31. The summed E-state index contributed by atoms with van der Waals surface area (Å²) in [5.74, 6) is -0.167. The Hall–Kier alpha value is -2.98. The first-order valence-electron chi connectivity index (χ1n) is 9.89. The van der Waals surface area contributed by atoms with Crippen molar-refractivity contribution in [1.29, 1.82) is 0 Å². The smallest absolute Gasteiger partial charge is 0.273 e. The molecule has 3 aromatic rings. The Morgan fingerprint density at radius 2 is 2.06 bits per heavy atom. The molecule has 8 nitrogen and oxygen atoms in total. The number of methoxy groups -OCH3 is 1. The highest BCUT2D eigenvalue weighted by Gasteiger charge is 2.25. The maximum Gasteiger partial charge on any atom is 0.273 e. The number of carbonyl (C=O) groups excluding carboxylic acids is 1. The Kier molecular flexibility index (Phi) is 6.85. The van der Waals surface area contributed by atoms with Gasteiger partial charge in [0.15, 0.2) is 0 Å². The Balaban J connectivity index is 1.95. The first-order valence-corrected chi connectivity index (χ1v) is 12.3. The maximum absolute atomic E-state index is 12.9. The second kappa shape index (κ2) is 9.25. The number of thiophene rings is 1. The molecule has 170 valence electrons.